The molecule has 0 aromatic carbocycles. The first-order valence-corrected chi connectivity index (χ1v) is 8.75. The molecular weight excluding hydrogens is 332 g/mol. The highest BCUT2D eigenvalue weighted by atomic mass is 16.5. The highest BCUT2D eigenvalue weighted by molar-refractivity contribution is 5.79. The van der Waals surface area contributed by atoms with Crippen LogP contribution in [-0.2, 0) is 11.3 Å². The van der Waals surface area contributed by atoms with E-state index in [2.05, 4.69) is 15.1 Å². The van der Waals surface area contributed by atoms with Gasteiger partial charge in [-0.05, 0) is 30.9 Å². The van der Waals surface area contributed by atoms with E-state index in [-0.39, 0.29) is 5.69 Å². The Kier molecular flexibility index (Phi) is 3.56. The number of rotatable bonds is 3. The molecule has 4 aromatic heterocycles. The highest BCUT2D eigenvalue weighted by Gasteiger charge is 2.19. The zero-order chi connectivity index (χ0) is 17.5. The number of H-pyrrole nitrogens is 1. The summed E-state index contributed by atoms with van der Waals surface area (Å²) in [4.78, 5) is 24.4. The Labute approximate surface area is 148 Å². The summed E-state index contributed by atoms with van der Waals surface area (Å²) in [6.45, 7) is 2.15. The van der Waals surface area contributed by atoms with Crippen LogP contribution in [0.5, 0.6) is 0 Å². The van der Waals surface area contributed by atoms with Crippen molar-refractivity contribution in [1.29, 1.82) is 0 Å². The quantitative estimate of drug-likeness (QED) is 0.609. The van der Waals surface area contributed by atoms with Gasteiger partial charge >= 0.3 is 5.69 Å². The van der Waals surface area contributed by atoms with Crippen LogP contribution in [-0.4, -0.2) is 42.3 Å². The smallest absolute Gasteiger partial charge is 0.327 e. The third-order valence-electron chi connectivity index (χ3n) is 4.96. The predicted molar refractivity (Wildman–Crippen MR) is 95.9 cm³/mol. The van der Waals surface area contributed by atoms with Gasteiger partial charge in [-0.1, -0.05) is 6.07 Å². The molecule has 26 heavy (non-hydrogen) atoms. The van der Waals surface area contributed by atoms with Gasteiger partial charge in [0, 0.05) is 26.0 Å². The monoisotopic (exact) mass is 350 g/mol. The van der Waals surface area contributed by atoms with E-state index in [0.29, 0.717) is 29.5 Å². The molecule has 1 aliphatic heterocycles. The van der Waals surface area contributed by atoms with Gasteiger partial charge in [0.15, 0.2) is 11.5 Å². The maximum absolute atomic E-state index is 12.4. The summed E-state index contributed by atoms with van der Waals surface area (Å²) in [6.07, 6.45) is 7.24. The largest absolute Gasteiger partial charge is 0.381 e. The van der Waals surface area contributed by atoms with E-state index in [1.807, 2.05) is 24.4 Å². The molecule has 0 amide bonds. The molecule has 0 spiro atoms. The number of aromatic amines is 1. The van der Waals surface area contributed by atoms with Crippen molar-refractivity contribution in [1.82, 2.24) is 29.1 Å². The van der Waals surface area contributed by atoms with Gasteiger partial charge in [-0.15, -0.1) is 0 Å². The Morgan fingerprint density at radius 3 is 3.00 bits per heavy atom. The zero-order valence-electron chi connectivity index (χ0n) is 14.1. The number of nitrogens with one attached hydrogen (secondary N) is 1. The first-order valence-electron chi connectivity index (χ1n) is 8.75. The number of pyridine rings is 1. The van der Waals surface area contributed by atoms with Crippen molar-refractivity contribution in [3.05, 3.63) is 47.3 Å². The zero-order valence-corrected chi connectivity index (χ0v) is 14.1. The molecule has 1 aliphatic rings. The molecule has 0 atom stereocenters. The second kappa shape index (κ2) is 6.06. The van der Waals surface area contributed by atoms with Gasteiger partial charge in [0.1, 0.15) is 5.52 Å². The topological polar surface area (TPSA) is 90.1 Å². The number of hydrogen-bond acceptors (Lipinski definition) is 5. The first-order chi connectivity index (χ1) is 12.8. The van der Waals surface area contributed by atoms with Crippen molar-refractivity contribution >= 4 is 16.7 Å². The molecular formula is C18H18N6O2. The van der Waals surface area contributed by atoms with Crippen LogP contribution in [0.15, 0.2) is 41.6 Å². The van der Waals surface area contributed by atoms with E-state index in [0.717, 1.165) is 37.1 Å². The van der Waals surface area contributed by atoms with Gasteiger partial charge in [0.05, 0.1) is 23.5 Å². The molecule has 5 heterocycles. The second-order valence-corrected chi connectivity index (χ2v) is 6.62. The Balaban J connectivity index is 1.60. The molecule has 0 radical (unpaired) electrons. The standard InChI is InChI=1S/C18H18N6O2/c25-18-21-14-10-19-16(13-9-20-24-6-2-1-3-15(13)24)22-17(14)23(18)11-12-4-7-26-8-5-12/h1-3,6,9-10,12H,4-5,7-8,11H2,(H,21,25). The Bertz CT molecular complexity index is 1140. The minimum atomic E-state index is -0.141. The summed E-state index contributed by atoms with van der Waals surface area (Å²) >= 11 is 0. The lowest BCUT2D eigenvalue weighted by Gasteiger charge is -2.21. The second-order valence-electron chi connectivity index (χ2n) is 6.62. The maximum Gasteiger partial charge on any atom is 0.327 e. The molecule has 0 unspecified atom stereocenters. The van der Waals surface area contributed by atoms with Gasteiger partial charge in [0.25, 0.3) is 0 Å². The van der Waals surface area contributed by atoms with Crippen molar-refractivity contribution in [2.24, 2.45) is 5.92 Å². The highest BCUT2D eigenvalue weighted by Crippen LogP contribution is 2.23. The first kappa shape index (κ1) is 15.3. The number of aromatic nitrogens is 6. The third kappa shape index (κ3) is 2.50. The van der Waals surface area contributed by atoms with Crippen LogP contribution in [0.3, 0.4) is 0 Å². The minimum absolute atomic E-state index is 0.141. The van der Waals surface area contributed by atoms with Gasteiger partial charge < -0.3 is 9.72 Å². The Morgan fingerprint density at radius 2 is 2.12 bits per heavy atom. The molecule has 1 saturated heterocycles. The van der Waals surface area contributed by atoms with Crippen molar-refractivity contribution in [3.8, 4) is 11.4 Å². The molecule has 8 heteroatoms. The van der Waals surface area contributed by atoms with E-state index in [1.54, 1.807) is 21.5 Å². The van der Waals surface area contributed by atoms with E-state index >= 15 is 0 Å². The number of hydrogen-bond donors (Lipinski definition) is 1. The summed E-state index contributed by atoms with van der Waals surface area (Å²) in [7, 11) is 0. The van der Waals surface area contributed by atoms with Crippen LogP contribution in [0, 0.1) is 5.92 Å². The Morgan fingerprint density at radius 1 is 1.23 bits per heavy atom. The molecule has 0 saturated carbocycles. The van der Waals surface area contributed by atoms with Gasteiger partial charge in [-0.3, -0.25) is 4.57 Å². The maximum atomic E-state index is 12.4. The van der Waals surface area contributed by atoms with Crippen LogP contribution in [0.25, 0.3) is 28.1 Å². The fourth-order valence-electron chi connectivity index (χ4n) is 3.54. The predicted octanol–water partition coefficient (Wildman–Crippen LogP) is 1.86. The SMILES string of the molecule is O=c1[nH]c2cnc(-c3cnn4ccccc34)nc2n1CC1CCOCC1. The summed E-state index contributed by atoms with van der Waals surface area (Å²) < 4.78 is 8.93. The van der Waals surface area contributed by atoms with Crippen LogP contribution in [0.2, 0.25) is 0 Å². The van der Waals surface area contributed by atoms with Crippen LogP contribution in [0.4, 0.5) is 0 Å². The van der Waals surface area contributed by atoms with Crippen molar-refractivity contribution < 1.29 is 4.74 Å². The molecule has 1 fully saturated rings. The summed E-state index contributed by atoms with van der Waals surface area (Å²) in [6, 6.07) is 5.85. The van der Waals surface area contributed by atoms with E-state index in [9.17, 15) is 4.79 Å². The van der Waals surface area contributed by atoms with Crippen molar-refractivity contribution in [2.75, 3.05) is 13.2 Å². The van der Waals surface area contributed by atoms with Crippen LogP contribution >= 0.6 is 0 Å². The van der Waals surface area contributed by atoms with Gasteiger partial charge in [0.2, 0.25) is 0 Å². The lowest BCUT2D eigenvalue weighted by molar-refractivity contribution is 0.0613. The number of fused-ring (bicyclic) bond motifs is 2. The third-order valence-corrected chi connectivity index (χ3v) is 4.96. The molecule has 4 aromatic rings. The number of nitrogens with zero attached hydrogens (tertiary/aromatic N) is 5. The molecule has 0 bridgehead atoms. The average Bonchev–Trinajstić information content (AvgIpc) is 3.24. The van der Waals surface area contributed by atoms with E-state index in [1.165, 1.54) is 0 Å². The molecule has 1 N–H and O–H groups in total. The number of ether oxygens (including phenoxy) is 1. The molecule has 132 valence electrons. The van der Waals surface area contributed by atoms with Crippen molar-refractivity contribution in [2.45, 2.75) is 19.4 Å². The molecule has 5 rings (SSSR count). The van der Waals surface area contributed by atoms with E-state index in [4.69, 9.17) is 9.72 Å². The normalized spacial score (nSPS) is 15.8. The lowest BCUT2D eigenvalue weighted by Crippen LogP contribution is -2.26. The summed E-state index contributed by atoms with van der Waals surface area (Å²) in [5.41, 5.74) is 2.93. The van der Waals surface area contributed by atoms with Crippen LogP contribution < -0.4 is 5.69 Å². The molecule has 0 aliphatic carbocycles. The van der Waals surface area contributed by atoms with Crippen molar-refractivity contribution in [3.63, 3.8) is 0 Å². The van der Waals surface area contributed by atoms with Gasteiger partial charge in [-0.25, -0.2) is 19.3 Å². The fourth-order valence-corrected chi connectivity index (χ4v) is 3.54. The molecule has 8 nitrogen and oxygen atoms in total. The number of imidazole rings is 1. The van der Waals surface area contributed by atoms with Gasteiger partial charge in [-0.2, -0.15) is 5.10 Å². The van der Waals surface area contributed by atoms with E-state index < -0.39 is 0 Å². The van der Waals surface area contributed by atoms with Crippen LogP contribution in [0.1, 0.15) is 12.8 Å². The fraction of sp³-hybridized carbons (Fsp3) is 0.333. The lowest BCUT2D eigenvalue weighted by atomic mass is 10.0. The Hall–Kier alpha value is -3.00. The summed E-state index contributed by atoms with van der Waals surface area (Å²) in [5, 5.41) is 4.34. The average molecular weight is 350 g/mol. The summed E-state index contributed by atoms with van der Waals surface area (Å²) in [5.74, 6) is 0.995. The minimum Gasteiger partial charge on any atom is -0.381 e.